The van der Waals surface area contributed by atoms with Crippen molar-refractivity contribution in [2.45, 2.75) is 38.3 Å². The zero-order chi connectivity index (χ0) is 20.1. The Hall–Kier alpha value is -2.45. The van der Waals surface area contributed by atoms with Gasteiger partial charge in [0.15, 0.2) is 5.65 Å². The van der Waals surface area contributed by atoms with Gasteiger partial charge in [0.2, 0.25) is 0 Å². The second kappa shape index (κ2) is 7.11. The van der Waals surface area contributed by atoms with Crippen molar-refractivity contribution in [2.75, 3.05) is 6.54 Å². The first-order valence-electron chi connectivity index (χ1n) is 9.92. The fourth-order valence-corrected chi connectivity index (χ4v) is 4.88. The third-order valence-corrected chi connectivity index (χ3v) is 6.22. The van der Waals surface area contributed by atoms with Crippen LogP contribution in [0.1, 0.15) is 37.9 Å². The molecule has 5 rings (SSSR count). The molecule has 0 amide bonds. The van der Waals surface area contributed by atoms with E-state index in [1.54, 1.807) is 18.2 Å². The van der Waals surface area contributed by atoms with Crippen molar-refractivity contribution in [3.05, 3.63) is 47.9 Å². The molecule has 4 atom stereocenters. The zero-order valence-electron chi connectivity index (χ0n) is 15.9. The van der Waals surface area contributed by atoms with Gasteiger partial charge >= 0.3 is 0 Å². The Balaban J connectivity index is 1.67. The maximum absolute atomic E-state index is 13.5. The van der Waals surface area contributed by atoms with E-state index in [-0.39, 0.29) is 17.6 Å². The summed E-state index contributed by atoms with van der Waals surface area (Å²) in [6.07, 6.45) is -0.861. The van der Waals surface area contributed by atoms with Crippen LogP contribution in [0.15, 0.2) is 36.4 Å². The average Bonchev–Trinajstić information content (AvgIpc) is 3.32. The van der Waals surface area contributed by atoms with E-state index in [1.165, 1.54) is 18.2 Å². The van der Waals surface area contributed by atoms with Gasteiger partial charge in [-0.25, -0.2) is 23.1 Å². The molecule has 2 aliphatic rings. The number of nitrogens with zero attached hydrogens (tertiary/aromatic N) is 3. The van der Waals surface area contributed by atoms with E-state index in [4.69, 9.17) is 4.98 Å². The smallest absolute Gasteiger partial charge is 0.280 e. The summed E-state index contributed by atoms with van der Waals surface area (Å²) in [6, 6.07) is 9.54. The fourth-order valence-electron chi connectivity index (χ4n) is 4.88. The Morgan fingerprint density at radius 3 is 2.62 bits per heavy atom. The summed E-state index contributed by atoms with van der Waals surface area (Å²) >= 11 is 0. The van der Waals surface area contributed by atoms with Crippen LogP contribution < -0.4 is 10.9 Å². The van der Waals surface area contributed by atoms with E-state index < -0.39 is 6.43 Å². The lowest BCUT2D eigenvalue weighted by molar-refractivity contribution is 0.146. The lowest BCUT2D eigenvalue weighted by Crippen LogP contribution is -2.42. The first-order chi connectivity index (χ1) is 14.0. The van der Waals surface area contributed by atoms with Gasteiger partial charge < -0.3 is 4.57 Å². The molecule has 29 heavy (non-hydrogen) atoms. The minimum atomic E-state index is -2.64. The van der Waals surface area contributed by atoms with Gasteiger partial charge in [-0.1, -0.05) is 6.92 Å². The number of imidazole rings is 1. The Morgan fingerprint density at radius 1 is 1.07 bits per heavy atom. The van der Waals surface area contributed by atoms with Crippen LogP contribution >= 0.6 is 0 Å². The number of hydrogen-bond acceptors (Lipinski definition) is 4. The first-order valence-corrected chi connectivity index (χ1v) is 9.92. The number of fused-ring (bicyclic) bond motifs is 2. The highest BCUT2D eigenvalue weighted by Gasteiger charge is 2.40. The fraction of sp³-hybridized carbons (Fsp3) is 0.429. The largest absolute Gasteiger partial charge is 0.306 e. The number of hydrazine groups is 1. The van der Waals surface area contributed by atoms with E-state index in [9.17, 15) is 13.2 Å². The van der Waals surface area contributed by atoms with Gasteiger partial charge in [-0.3, -0.25) is 10.9 Å². The lowest BCUT2D eigenvalue weighted by atomic mass is 9.76. The van der Waals surface area contributed by atoms with E-state index in [1.807, 2.05) is 4.57 Å². The molecule has 0 spiro atoms. The zero-order valence-corrected chi connectivity index (χ0v) is 15.9. The highest BCUT2D eigenvalue weighted by molar-refractivity contribution is 5.77. The number of hydrogen-bond donors (Lipinski definition) is 2. The Bertz CT molecular complexity index is 1030. The quantitative estimate of drug-likeness (QED) is 0.689. The normalized spacial score (nSPS) is 26.9. The highest BCUT2D eigenvalue weighted by Crippen LogP contribution is 2.41. The standard InChI is InChI=1S/C21H22F3N5/c1-11-8-15(9-13-10-25-28-18(11)13)29-20(12-2-4-14(22)5-3-12)27-17-7-6-16(19(23)24)26-21(17)29/h2-7,11,13,15,18-19,25,28H,8-10H2,1H3. The molecule has 3 heterocycles. The Morgan fingerprint density at radius 2 is 1.86 bits per heavy atom. The minimum Gasteiger partial charge on any atom is -0.306 e. The summed E-state index contributed by atoms with van der Waals surface area (Å²) in [5.74, 6) is 1.17. The monoisotopic (exact) mass is 401 g/mol. The molecule has 1 aliphatic heterocycles. The van der Waals surface area contributed by atoms with Gasteiger partial charge in [-0.05, 0) is 61.1 Å². The molecule has 0 radical (unpaired) electrons. The average molecular weight is 401 g/mol. The van der Waals surface area contributed by atoms with Crippen LogP contribution in [0.4, 0.5) is 13.2 Å². The number of alkyl halides is 2. The number of aromatic nitrogens is 3. The third-order valence-electron chi connectivity index (χ3n) is 6.22. The number of halogens is 3. The van der Waals surface area contributed by atoms with Crippen LogP contribution in [0.2, 0.25) is 0 Å². The van der Waals surface area contributed by atoms with Gasteiger partial charge in [0.05, 0.1) is 0 Å². The molecular formula is C21H22F3N5. The molecule has 5 nitrogen and oxygen atoms in total. The molecule has 1 saturated carbocycles. The van der Waals surface area contributed by atoms with Crippen LogP contribution in [0.25, 0.3) is 22.6 Å². The predicted molar refractivity (Wildman–Crippen MR) is 104 cm³/mol. The third kappa shape index (κ3) is 3.20. The van der Waals surface area contributed by atoms with Crippen molar-refractivity contribution in [3.8, 4) is 11.4 Å². The van der Waals surface area contributed by atoms with E-state index in [2.05, 4.69) is 22.8 Å². The summed E-state index contributed by atoms with van der Waals surface area (Å²) in [5.41, 5.74) is 8.14. The topological polar surface area (TPSA) is 54.8 Å². The summed E-state index contributed by atoms with van der Waals surface area (Å²) in [7, 11) is 0. The van der Waals surface area contributed by atoms with Crippen molar-refractivity contribution < 1.29 is 13.2 Å². The molecular weight excluding hydrogens is 379 g/mol. The summed E-state index contributed by atoms with van der Waals surface area (Å²) < 4.78 is 42.1. The maximum atomic E-state index is 13.5. The lowest BCUT2D eigenvalue weighted by Gasteiger charge is -2.37. The van der Waals surface area contributed by atoms with E-state index in [0.717, 1.165) is 24.9 Å². The molecule has 2 N–H and O–H groups in total. The van der Waals surface area contributed by atoms with Crippen molar-refractivity contribution in [1.29, 1.82) is 0 Å². The summed E-state index contributed by atoms with van der Waals surface area (Å²) in [6.45, 7) is 3.08. The van der Waals surface area contributed by atoms with Crippen LogP contribution in [0.3, 0.4) is 0 Å². The maximum Gasteiger partial charge on any atom is 0.280 e. The predicted octanol–water partition coefficient (Wildman–Crippen LogP) is 4.24. The van der Waals surface area contributed by atoms with Crippen LogP contribution in [-0.4, -0.2) is 27.1 Å². The molecule has 3 aromatic rings. The molecule has 1 aromatic carbocycles. The Kier molecular flexibility index (Phi) is 4.55. The van der Waals surface area contributed by atoms with Gasteiger partial charge in [-0.2, -0.15) is 0 Å². The molecule has 8 heteroatoms. The van der Waals surface area contributed by atoms with E-state index >= 15 is 0 Å². The van der Waals surface area contributed by atoms with Crippen molar-refractivity contribution in [3.63, 3.8) is 0 Å². The van der Waals surface area contributed by atoms with Gasteiger partial charge in [0.1, 0.15) is 22.9 Å². The van der Waals surface area contributed by atoms with Crippen LogP contribution in [0, 0.1) is 17.7 Å². The number of rotatable bonds is 3. The summed E-state index contributed by atoms with van der Waals surface area (Å²) in [4.78, 5) is 8.97. The van der Waals surface area contributed by atoms with Crippen molar-refractivity contribution in [1.82, 2.24) is 25.4 Å². The molecule has 4 unspecified atom stereocenters. The van der Waals surface area contributed by atoms with E-state index in [0.29, 0.717) is 34.9 Å². The van der Waals surface area contributed by atoms with Crippen molar-refractivity contribution >= 4 is 11.2 Å². The number of nitrogens with one attached hydrogen (secondary N) is 2. The molecule has 0 bridgehead atoms. The van der Waals surface area contributed by atoms with Crippen LogP contribution in [0.5, 0.6) is 0 Å². The molecule has 2 fully saturated rings. The van der Waals surface area contributed by atoms with Crippen molar-refractivity contribution in [2.24, 2.45) is 11.8 Å². The molecule has 1 aliphatic carbocycles. The SMILES string of the molecule is CC1CC(n2c(-c3ccc(F)cc3)nc3ccc(C(F)F)nc32)CC2CNNC12. The molecule has 2 aromatic heterocycles. The second-order valence-electron chi connectivity index (χ2n) is 8.11. The molecule has 1 saturated heterocycles. The van der Waals surface area contributed by atoms with Gasteiger partial charge in [0, 0.05) is 24.2 Å². The van der Waals surface area contributed by atoms with Crippen LogP contribution in [-0.2, 0) is 0 Å². The first kappa shape index (κ1) is 18.6. The molecule has 152 valence electrons. The number of benzene rings is 1. The minimum absolute atomic E-state index is 0.0819. The van der Waals surface area contributed by atoms with Gasteiger partial charge in [0.25, 0.3) is 6.43 Å². The summed E-state index contributed by atoms with van der Waals surface area (Å²) in [5, 5.41) is 0. The highest BCUT2D eigenvalue weighted by atomic mass is 19.3. The second-order valence-corrected chi connectivity index (χ2v) is 8.11. The Labute approximate surface area is 166 Å². The van der Waals surface area contributed by atoms with Gasteiger partial charge in [-0.15, -0.1) is 0 Å². The number of pyridine rings is 1.